The van der Waals surface area contributed by atoms with E-state index in [1.807, 2.05) is 0 Å². The van der Waals surface area contributed by atoms with E-state index in [4.69, 9.17) is 0 Å². The topological polar surface area (TPSA) is 0 Å². The lowest BCUT2D eigenvalue weighted by Crippen LogP contribution is -2.41. The van der Waals surface area contributed by atoms with Crippen molar-refractivity contribution in [3.63, 3.8) is 0 Å². The maximum atomic E-state index is 2.72. The molecule has 18 heavy (non-hydrogen) atoms. The molecule has 2 fully saturated rings. The Kier molecular flexibility index (Phi) is 4.03. The summed E-state index contributed by atoms with van der Waals surface area (Å²) in [6, 6.07) is 0. The van der Waals surface area contributed by atoms with Crippen molar-refractivity contribution in [2.75, 3.05) is 0 Å². The second kappa shape index (κ2) is 4.96. The van der Waals surface area contributed by atoms with Crippen LogP contribution < -0.4 is 0 Å². The molecule has 2 rings (SSSR count). The Labute approximate surface area is 116 Å². The summed E-state index contributed by atoms with van der Waals surface area (Å²) in [4.78, 5) is 0. The standard InChI is InChI=1S/C17H34Si/c1-11-8-9-16(10-11)18(6,7)17-14(4)12(2)13(3)15(17)5/h11-17H,8-10H2,1-7H3. The van der Waals surface area contributed by atoms with Gasteiger partial charge in [0.25, 0.3) is 0 Å². The molecule has 2 saturated carbocycles. The van der Waals surface area contributed by atoms with Gasteiger partial charge in [-0.3, -0.25) is 0 Å². The van der Waals surface area contributed by atoms with Gasteiger partial charge in [0.05, 0.1) is 8.07 Å². The first kappa shape index (κ1) is 14.6. The average Bonchev–Trinajstić information content (AvgIpc) is 2.80. The second-order valence-electron chi connectivity index (χ2n) is 8.40. The zero-order valence-corrected chi connectivity index (χ0v) is 14.7. The molecule has 2 aliphatic rings. The molecule has 0 aliphatic heterocycles. The van der Waals surface area contributed by atoms with Crippen molar-refractivity contribution in [3.05, 3.63) is 0 Å². The Bertz CT molecular complexity index is 282. The minimum atomic E-state index is -1.09. The van der Waals surface area contributed by atoms with E-state index in [0.29, 0.717) is 0 Å². The minimum absolute atomic E-state index is 0.940. The fourth-order valence-electron chi connectivity index (χ4n) is 5.60. The van der Waals surface area contributed by atoms with Crippen LogP contribution in [0.15, 0.2) is 0 Å². The lowest BCUT2D eigenvalue weighted by molar-refractivity contribution is 0.352. The van der Waals surface area contributed by atoms with E-state index in [1.165, 1.54) is 12.8 Å². The Morgan fingerprint density at radius 2 is 1.22 bits per heavy atom. The Balaban J connectivity index is 2.19. The van der Waals surface area contributed by atoms with Crippen molar-refractivity contribution in [2.24, 2.45) is 29.6 Å². The van der Waals surface area contributed by atoms with Crippen LogP contribution in [0.3, 0.4) is 0 Å². The van der Waals surface area contributed by atoms with Gasteiger partial charge in [-0.2, -0.15) is 0 Å². The van der Waals surface area contributed by atoms with Gasteiger partial charge in [-0.05, 0) is 40.7 Å². The van der Waals surface area contributed by atoms with Crippen LogP contribution in [0.2, 0.25) is 24.2 Å². The summed E-state index contributed by atoms with van der Waals surface area (Å²) in [6.07, 6.45) is 4.58. The van der Waals surface area contributed by atoms with Gasteiger partial charge >= 0.3 is 0 Å². The van der Waals surface area contributed by atoms with Gasteiger partial charge in [-0.1, -0.05) is 67.0 Å². The van der Waals surface area contributed by atoms with Crippen molar-refractivity contribution in [2.45, 2.75) is 78.1 Å². The maximum Gasteiger partial charge on any atom is 0.0541 e. The van der Waals surface area contributed by atoms with Crippen molar-refractivity contribution in [3.8, 4) is 0 Å². The lowest BCUT2D eigenvalue weighted by atomic mass is 9.92. The monoisotopic (exact) mass is 266 g/mol. The third-order valence-electron chi connectivity index (χ3n) is 7.23. The summed E-state index contributed by atoms with van der Waals surface area (Å²) in [5.41, 5.74) is 2.18. The molecule has 6 unspecified atom stereocenters. The van der Waals surface area contributed by atoms with Crippen LogP contribution >= 0.6 is 0 Å². The molecule has 0 aromatic rings. The van der Waals surface area contributed by atoms with Crippen molar-refractivity contribution >= 4 is 8.07 Å². The van der Waals surface area contributed by atoms with Gasteiger partial charge in [0.15, 0.2) is 0 Å². The van der Waals surface area contributed by atoms with Crippen LogP contribution in [-0.2, 0) is 0 Å². The molecule has 0 nitrogen and oxygen atoms in total. The van der Waals surface area contributed by atoms with Crippen LogP contribution in [-0.4, -0.2) is 8.07 Å². The number of hydrogen-bond acceptors (Lipinski definition) is 0. The molecule has 106 valence electrons. The fourth-order valence-corrected chi connectivity index (χ4v) is 11.4. The van der Waals surface area contributed by atoms with E-state index in [-0.39, 0.29) is 0 Å². The van der Waals surface area contributed by atoms with Crippen LogP contribution in [0.25, 0.3) is 0 Å². The molecule has 0 aromatic carbocycles. The predicted octanol–water partition coefficient (Wildman–Crippen LogP) is 5.81. The summed E-state index contributed by atoms with van der Waals surface area (Å²) >= 11 is 0. The highest BCUT2D eigenvalue weighted by molar-refractivity contribution is 6.80. The molecule has 0 bridgehead atoms. The third-order valence-corrected chi connectivity index (χ3v) is 12.6. The molecule has 0 N–H and O–H groups in total. The molecular weight excluding hydrogens is 232 g/mol. The van der Waals surface area contributed by atoms with Crippen molar-refractivity contribution < 1.29 is 0 Å². The molecule has 0 spiro atoms. The summed E-state index contributed by atoms with van der Waals surface area (Å²) in [5, 5.41) is 0. The summed E-state index contributed by atoms with van der Waals surface area (Å²) < 4.78 is 0. The van der Waals surface area contributed by atoms with Gasteiger partial charge < -0.3 is 0 Å². The highest BCUT2D eigenvalue weighted by Gasteiger charge is 2.52. The summed E-state index contributed by atoms with van der Waals surface area (Å²) in [7, 11) is -1.09. The second-order valence-corrected chi connectivity index (χ2v) is 13.5. The van der Waals surface area contributed by atoms with E-state index < -0.39 is 8.07 Å². The first-order valence-electron chi connectivity index (χ1n) is 8.26. The third kappa shape index (κ3) is 2.21. The van der Waals surface area contributed by atoms with Crippen molar-refractivity contribution in [1.82, 2.24) is 0 Å². The first-order chi connectivity index (χ1) is 8.26. The quantitative estimate of drug-likeness (QED) is 0.553. The van der Waals surface area contributed by atoms with E-state index in [1.54, 1.807) is 6.42 Å². The molecule has 0 aromatic heterocycles. The molecule has 6 atom stereocenters. The largest absolute Gasteiger partial charge is 0.0689 e. The molecule has 2 aliphatic carbocycles. The zero-order chi connectivity index (χ0) is 13.7. The van der Waals surface area contributed by atoms with Gasteiger partial charge in [-0.25, -0.2) is 0 Å². The van der Waals surface area contributed by atoms with Crippen LogP contribution in [0.4, 0.5) is 0 Å². The molecular formula is C17H34Si. The van der Waals surface area contributed by atoms with Crippen LogP contribution in [0.1, 0.15) is 53.9 Å². The summed E-state index contributed by atoms with van der Waals surface area (Å²) in [5.74, 6) is 4.81. The van der Waals surface area contributed by atoms with Gasteiger partial charge in [0.2, 0.25) is 0 Å². The predicted molar refractivity (Wildman–Crippen MR) is 84.7 cm³/mol. The molecule has 1 heteroatoms. The highest BCUT2D eigenvalue weighted by Crippen LogP contribution is 2.58. The lowest BCUT2D eigenvalue weighted by Gasteiger charge is -2.41. The smallest absolute Gasteiger partial charge is 0.0541 e. The number of rotatable bonds is 2. The van der Waals surface area contributed by atoms with Crippen LogP contribution in [0, 0.1) is 29.6 Å². The van der Waals surface area contributed by atoms with Gasteiger partial charge in [0.1, 0.15) is 0 Å². The van der Waals surface area contributed by atoms with E-state index in [0.717, 1.165) is 40.7 Å². The fraction of sp³-hybridized carbons (Fsp3) is 1.00. The highest BCUT2D eigenvalue weighted by atomic mass is 28.3. The van der Waals surface area contributed by atoms with Gasteiger partial charge in [0, 0.05) is 0 Å². The molecule has 0 heterocycles. The molecule has 0 radical (unpaired) electrons. The minimum Gasteiger partial charge on any atom is -0.0689 e. The van der Waals surface area contributed by atoms with E-state index >= 15 is 0 Å². The Morgan fingerprint density at radius 3 is 1.61 bits per heavy atom. The first-order valence-corrected chi connectivity index (χ1v) is 11.4. The van der Waals surface area contributed by atoms with Gasteiger partial charge in [-0.15, -0.1) is 0 Å². The van der Waals surface area contributed by atoms with Crippen LogP contribution in [0.5, 0.6) is 0 Å². The van der Waals surface area contributed by atoms with E-state index in [2.05, 4.69) is 47.7 Å². The Morgan fingerprint density at radius 1 is 0.722 bits per heavy atom. The summed E-state index contributed by atoms with van der Waals surface area (Å²) in [6.45, 7) is 18.0. The zero-order valence-electron chi connectivity index (χ0n) is 13.7. The SMILES string of the molecule is CC1CCC([Si](C)(C)C2C(C)C(C)C(C)C2C)C1. The normalized spacial score (nSPS) is 49.8. The average molecular weight is 267 g/mol. The maximum absolute atomic E-state index is 2.72. The molecule has 0 saturated heterocycles. The van der Waals surface area contributed by atoms with Crippen molar-refractivity contribution in [1.29, 1.82) is 0 Å². The number of hydrogen-bond donors (Lipinski definition) is 0. The van der Waals surface area contributed by atoms with E-state index in [9.17, 15) is 0 Å². The molecule has 0 amide bonds. The Hall–Kier alpha value is 0.217.